The van der Waals surface area contributed by atoms with Gasteiger partial charge < -0.3 is 9.47 Å². The molecule has 1 unspecified atom stereocenters. The Hall–Kier alpha value is -2.01. The van der Waals surface area contributed by atoms with Gasteiger partial charge in [-0.3, -0.25) is 4.90 Å². The van der Waals surface area contributed by atoms with Gasteiger partial charge in [0.25, 0.3) is 0 Å². The van der Waals surface area contributed by atoms with Crippen molar-refractivity contribution in [3.8, 4) is 5.75 Å². The number of hydrogen-bond donors (Lipinski definition) is 0. The van der Waals surface area contributed by atoms with Crippen LogP contribution >= 0.6 is 15.9 Å². The highest BCUT2D eigenvalue weighted by atomic mass is 79.9. The quantitative estimate of drug-likeness (QED) is 0.601. The summed E-state index contributed by atoms with van der Waals surface area (Å²) in [7, 11) is 1.63. The van der Waals surface area contributed by atoms with E-state index < -0.39 is 0 Å². The van der Waals surface area contributed by atoms with E-state index in [0.29, 0.717) is 5.75 Å². The van der Waals surface area contributed by atoms with Gasteiger partial charge in [0.2, 0.25) is 0 Å². The lowest BCUT2D eigenvalue weighted by Crippen LogP contribution is -2.50. The van der Waals surface area contributed by atoms with Crippen LogP contribution in [0.2, 0.25) is 0 Å². The van der Waals surface area contributed by atoms with Crippen LogP contribution in [-0.2, 0) is 17.8 Å². The molecule has 0 N–H and O–H groups in total. The van der Waals surface area contributed by atoms with Crippen LogP contribution in [0.25, 0.3) is 0 Å². The summed E-state index contributed by atoms with van der Waals surface area (Å²) in [5.74, 6) is 0.712. The third-order valence-electron chi connectivity index (χ3n) is 5.01. The molecule has 2 aromatic carbocycles. The number of halogens is 1. The van der Waals surface area contributed by atoms with Crippen LogP contribution in [0, 0.1) is 5.41 Å². The molecule has 0 spiro atoms. The van der Waals surface area contributed by atoms with Crippen LogP contribution in [0.1, 0.15) is 38.3 Å². The summed E-state index contributed by atoms with van der Waals surface area (Å²) >= 11 is 3.55. The number of aryl methyl sites for hydroxylation is 1. The molecule has 0 saturated heterocycles. The van der Waals surface area contributed by atoms with Crippen molar-refractivity contribution in [2.75, 3.05) is 12.0 Å². The zero-order valence-corrected chi connectivity index (χ0v) is 17.9. The molecule has 0 saturated carbocycles. The van der Waals surface area contributed by atoms with Crippen LogP contribution in [0.4, 0.5) is 10.5 Å². The molecule has 1 atom stereocenters. The molecule has 0 radical (unpaired) electrons. The first-order valence-electron chi connectivity index (χ1n) is 9.17. The van der Waals surface area contributed by atoms with Crippen LogP contribution in [-0.4, -0.2) is 19.2 Å². The minimum Gasteiger partial charge on any atom is -0.495 e. The van der Waals surface area contributed by atoms with Gasteiger partial charge in [-0.2, -0.15) is 0 Å². The Morgan fingerprint density at radius 2 is 1.93 bits per heavy atom. The van der Waals surface area contributed by atoms with E-state index in [4.69, 9.17) is 9.47 Å². The van der Waals surface area contributed by atoms with E-state index in [1.54, 1.807) is 7.11 Å². The van der Waals surface area contributed by atoms with Crippen LogP contribution < -0.4 is 9.64 Å². The SMILES string of the molecule is COc1cc2c(cc1Br)CCC(C(C)(C)C)N2C(=O)OCc1ccccc1. The molecule has 1 aliphatic heterocycles. The average Bonchev–Trinajstić information content (AvgIpc) is 2.64. The second-order valence-corrected chi connectivity index (χ2v) is 8.80. The van der Waals surface area contributed by atoms with Crippen molar-refractivity contribution in [1.82, 2.24) is 0 Å². The number of carbonyl (C=O) groups excluding carboxylic acids is 1. The van der Waals surface area contributed by atoms with Gasteiger partial charge in [0.1, 0.15) is 12.4 Å². The fourth-order valence-corrected chi connectivity index (χ4v) is 4.14. The molecular formula is C22H26BrNO3. The van der Waals surface area contributed by atoms with Crippen molar-refractivity contribution < 1.29 is 14.3 Å². The zero-order valence-electron chi connectivity index (χ0n) is 16.3. The number of rotatable bonds is 3. The highest BCUT2D eigenvalue weighted by Gasteiger charge is 2.39. The lowest BCUT2D eigenvalue weighted by molar-refractivity contribution is 0.136. The fraction of sp³-hybridized carbons (Fsp3) is 0.409. The molecule has 3 rings (SSSR count). The molecule has 4 nitrogen and oxygen atoms in total. The second kappa shape index (κ2) is 7.93. The second-order valence-electron chi connectivity index (χ2n) is 7.95. The van der Waals surface area contributed by atoms with Gasteiger partial charge in [0.05, 0.1) is 17.3 Å². The van der Waals surface area contributed by atoms with Gasteiger partial charge in [-0.1, -0.05) is 51.1 Å². The Balaban J connectivity index is 1.94. The highest BCUT2D eigenvalue weighted by molar-refractivity contribution is 9.10. The Labute approximate surface area is 169 Å². The van der Waals surface area contributed by atoms with E-state index in [-0.39, 0.29) is 24.2 Å². The van der Waals surface area contributed by atoms with Gasteiger partial charge in [0, 0.05) is 12.1 Å². The first-order chi connectivity index (χ1) is 12.8. The topological polar surface area (TPSA) is 38.8 Å². The number of nitrogens with zero attached hydrogens (tertiary/aromatic N) is 1. The van der Waals surface area contributed by atoms with E-state index in [0.717, 1.165) is 34.1 Å². The minimum absolute atomic E-state index is 0.0548. The fourth-order valence-electron chi connectivity index (χ4n) is 3.59. The predicted molar refractivity (Wildman–Crippen MR) is 111 cm³/mol. The number of fused-ring (bicyclic) bond motifs is 1. The maximum Gasteiger partial charge on any atom is 0.414 e. The van der Waals surface area contributed by atoms with Gasteiger partial charge in [0.15, 0.2) is 0 Å². The van der Waals surface area contributed by atoms with Crippen LogP contribution in [0.3, 0.4) is 0 Å². The number of carbonyl (C=O) groups is 1. The Kier molecular flexibility index (Phi) is 5.80. The van der Waals surface area contributed by atoms with Crippen molar-refractivity contribution >= 4 is 27.7 Å². The standard InChI is InChI=1S/C22H26BrNO3/c1-22(2,3)20-11-10-16-12-17(23)19(26-4)13-18(16)24(20)21(25)27-14-15-8-6-5-7-9-15/h5-9,12-13,20H,10-11,14H2,1-4H3. The van der Waals surface area contributed by atoms with Crippen LogP contribution in [0.5, 0.6) is 5.75 Å². The average molecular weight is 432 g/mol. The number of methoxy groups -OCH3 is 1. The van der Waals surface area contributed by atoms with Crippen molar-refractivity contribution in [3.63, 3.8) is 0 Å². The lowest BCUT2D eigenvalue weighted by atomic mass is 9.79. The van der Waals surface area contributed by atoms with Crippen LogP contribution in [0.15, 0.2) is 46.9 Å². The molecule has 0 aliphatic carbocycles. The van der Waals surface area contributed by atoms with Gasteiger partial charge in [-0.05, 0) is 51.4 Å². The Bertz CT molecular complexity index is 814. The molecule has 0 fully saturated rings. The maximum absolute atomic E-state index is 13.1. The van der Waals surface area contributed by atoms with Gasteiger partial charge in [-0.25, -0.2) is 4.79 Å². The molecule has 1 heterocycles. The van der Waals surface area contributed by atoms with E-state index in [9.17, 15) is 4.79 Å². The number of benzene rings is 2. The third-order valence-corrected chi connectivity index (χ3v) is 5.63. The number of amides is 1. The van der Waals surface area contributed by atoms with Gasteiger partial charge in [-0.15, -0.1) is 0 Å². The van der Waals surface area contributed by atoms with Gasteiger partial charge >= 0.3 is 6.09 Å². The van der Waals surface area contributed by atoms with Crippen molar-refractivity contribution in [3.05, 3.63) is 58.1 Å². The summed E-state index contributed by atoms with van der Waals surface area (Å²) in [5.41, 5.74) is 2.91. The summed E-state index contributed by atoms with van der Waals surface area (Å²) in [6, 6.07) is 13.8. The van der Waals surface area contributed by atoms with Crippen molar-refractivity contribution in [2.24, 2.45) is 5.41 Å². The molecule has 27 heavy (non-hydrogen) atoms. The Morgan fingerprint density at radius 3 is 2.56 bits per heavy atom. The predicted octanol–water partition coefficient (Wildman–Crippen LogP) is 5.96. The summed E-state index contributed by atoms with van der Waals surface area (Å²) in [4.78, 5) is 14.9. The highest BCUT2D eigenvalue weighted by Crippen LogP contribution is 2.42. The monoisotopic (exact) mass is 431 g/mol. The first kappa shape index (κ1) is 19.7. The number of anilines is 1. The summed E-state index contributed by atoms with van der Waals surface area (Å²) in [5, 5.41) is 0. The van der Waals surface area contributed by atoms with E-state index in [2.05, 4.69) is 36.7 Å². The molecule has 0 bridgehead atoms. The Morgan fingerprint density at radius 1 is 1.22 bits per heavy atom. The largest absolute Gasteiger partial charge is 0.495 e. The molecular weight excluding hydrogens is 406 g/mol. The maximum atomic E-state index is 13.1. The lowest BCUT2D eigenvalue weighted by Gasteiger charge is -2.43. The zero-order chi connectivity index (χ0) is 19.6. The molecule has 1 amide bonds. The molecule has 5 heteroatoms. The first-order valence-corrected chi connectivity index (χ1v) is 9.97. The molecule has 2 aromatic rings. The van der Waals surface area contributed by atoms with E-state index in [1.165, 1.54) is 0 Å². The van der Waals surface area contributed by atoms with E-state index in [1.807, 2.05) is 47.4 Å². The van der Waals surface area contributed by atoms with E-state index >= 15 is 0 Å². The van der Waals surface area contributed by atoms with Crippen molar-refractivity contribution in [1.29, 1.82) is 0 Å². The smallest absolute Gasteiger partial charge is 0.414 e. The molecule has 1 aliphatic rings. The molecule has 144 valence electrons. The van der Waals surface area contributed by atoms with Crippen molar-refractivity contribution in [2.45, 2.75) is 46.3 Å². The summed E-state index contributed by atoms with van der Waals surface area (Å²) < 4.78 is 12.1. The summed E-state index contributed by atoms with van der Waals surface area (Å²) in [6.07, 6.45) is 1.50. The molecule has 0 aromatic heterocycles. The number of hydrogen-bond acceptors (Lipinski definition) is 3. The summed E-state index contributed by atoms with van der Waals surface area (Å²) in [6.45, 7) is 6.75. The third kappa shape index (κ3) is 4.29. The number of ether oxygens (including phenoxy) is 2. The minimum atomic E-state index is -0.316. The normalized spacial score (nSPS) is 16.6.